The first-order valence-electron chi connectivity index (χ1n) is 7.21. The van der Waals surface area contributed by atoms with Crippen LogP contribution < -0.4 is 4.74 Å². The van der Waals surface area contributed by atoms with Crippen molar-refractivity contribution >= 4 is 17.5 Å². The Morgan fingerprint density at radius 3 is 2.35 bits per heavy atom. The van der Waals surface area contributed by atoms with Gasteiger partial charge in [-0.25, -0.2) is 4.79 Å². The zero-order valence-electron chi connectivity index (χ0n) is 13.3. The van der Waals surface area contributed by atoms with Crippen LogP contribution in [0.4, 0.5) is 0 Å². The van der Waals surface area contributed by atoms with Gasteiger partial charge in [0.05, 0.1) is 0 Å². The molecule has 120 valence electrons. The number of ketones is 2. The van der Waals surface area contributed by atoms with Gasteiger partial charge in [-0.1, -0.05) is 12.1 Å². The maximum absolute atomic E-state index is 12.4. The number of hydrogen-bond acceptors (Lipinski definition) is 4. The first kappa shape index (κ1) is 16.7. The zero-order valence-corrected chi connectivity index (χ0v) is 13.3. The van der Waals surface area contributed by atoms with E-state index in [9.17, 15) is 14.4 Å². The van der Waals surface area contributed by atoms with E-state index < -0.39 is 12.6 Å². The van der Waals surface area contributed by atoms with E-state index in [-0.39, 0.29) is 11.6 Å². The third-order valence-electron chi connectivity index (χ3n) is 3.95. The summed E-state index contributed by atoms with van der Waals surface area (Å²) in [5, 5.41) is 8.64. The Labute approximate surface area is 134 Å². The Kier molecular flexibility index (Phi) is 4.79. The van der Waals surface area contributed by atoms with Crippen molar-refractivity contribution in [3.8, 4) is 5.75 Å². The fourth-order valence-electron chi connectivity index (χ4n) is 2.46. The predicted molar refractivity (Wildman–Crippen MR) is 84.4 cm³/mol. The summed E-state index contributed by atoms with van der Waals surface area (Å²) in [5.41, 5.74) is 2.71. The molecular formula is C18H18O5. The van der Waals surface area contributed by atoms with Crippen LogP contribution in [0.5, 0.6) is 5.75 Å². The van der Waals surface area contributed by atoms with Gasteiger partial charge in [-0.15, -0.1) is 0 Å². The summed E-state index contributed by atoms with van der Waals surface area (Å²) in [4.78, 5) is 35.1. The molecular weight excluding hydrogens is 296 g/mol. The predicted octanol–water partition coefficient (Wildman–Crippen LogP) is 2.50. The third-order valence-corrected chi connectivity index (χ3v) is 3.95. The maximum atomic E-state index is 12.4. The van der Waals surface area contributed by atoms with Gasteiger partial charge in [-0.2, -0.15) is 0 Å². The van der Waals surface area contributed by atoms with E-state index in [0.29, 0.717) is 34.5 Å². The van der Waals surface area contributed by atoms with Gasteiger partial charge in [-0.05, 0) is 38.5 Å². The summed E-state index contributed by atoms with van der Waals surface area (Å²) < 4.78 is 5.13. The Hall–Kier alpha value is -2.69. The SMILES string of the molecule is CC1=C(C)C(=O)C(Cc2cccc(OCC(=O)O)c2)=C(C)C1=O. The van der Waals surface area contributed by atoms with Gasteiger partial charge in [0, 0.05) is 28.7 Å². The first-order chi connectivity index (χ1) is 10.8. The second-order valence-corrected chi connectivity index (χ2v) is 5.52. The van der Waals surface area contributed by atoms with Crippen molar-refractivity contribution in [2.24, 2.45) is 0 Å². The lowest BCUT2D eigenvalue weighted by atomic mass is 9.83. The molecule has 0 unspecified atom stereocenters. The Morgan fingerprint density at radius 2 is 1.70 bits per heavy atom. The van der Waals surface area contributed by atoms with Gasteiger partial charge in [-0.3, -0.25) is 9.59 Å². The Morgan fingerprint density at radius 1 is 1.04 bits per heavy atom. The number of ether oxygens (including phenoxy) is 1. The average Bonchev–Trinajstić information content (AvgIpc) is 2.53. The van der Waals surface area contributed by atoms with E-state index in [1.54, 1.807) is 39.0 Å². The molecule has 2 rings (SSSR count). The maximum Gasteiger partial charge on any atom is 0.341 e. The molecule has 1 aromatic rings. The van der Waals surface area contributed by atoms with Crippen molar-refractivity contribution in [1.29, 1.82) is 0 Å². The summed E-state index contributed by atoms with van der Waals surface area (Å²) in [7, 11) is 0. The molecule has 0 heterocycles. The van der Waals surface area contributed by atoms with Crippen LogP contribution in [0.25, 0.3) is 0 Å². The summed E-state index contributed by atoms with van der Waals surface area (Å²) in [6, 6.07) is 6.87. The fraction of sp³-hybridized carbons (Fsp3) is 0.278. The summed E-state index contributed by atoms with van der Waals surface area (Å²) in [6.45, 7) is 4.56. The van der Waals surface area contributed by atoms with E-state index in [1.807, 2.05) is 6.07 Å². The van der Waals surface area contributed by atoms with Crippen molar-refractivity contribution in [1.82, 2.24) is 0 Å². The number of aliphatic carboxylic acids is 1. The standard InChI is InChI=1S/C18H18O5/c1-10-11(2)18(22)15(12(3)17(10)21)8-13-5-4-6-14(7-13)23-9-16(19)20/h4-7H,8-9H2,1-3H3,(H,19,20). The van der Waals surface area contributed by atoms with Crippen LogP contribution in [-0.2, 0) is 20.8 Å². The molecule has 1 aliphatic carbocycles. The molecule has 1 aromatic carbocycles. The lowest BCUT2D eigenvalue weighted by Crippen LogP contribution is -2.21. The van der Waals surface area contributed by atoms with Gasteiger partial charge >= 0.3 is 5.97 Å². The van der Waals surface area contributed by atoms with Gasteiger partial charge in [0.25, 0.3) is 0 Å². The second-order valence-electron chi connectivity index (χ2n) is 5.52. The molecule has 1 N–H and O–H groups in total. The minimum absolute atomic E-state index is 0.101. The Balaban J connectivity index is 2.25. The molecule has 0 saturated carbocycles. The van der Waals surface area contributed by atoms with Gasteiger partial charge in [0.1, 0.15) is 5.75 Å². The monoisotopic (exact) mass is 314 g/mol. The second kappa shape index (κ2) is 6.60. The highest BCUT2D eigenvalue weighted by atomic mass is 16.5. The largest absolute Gasteiger partial charge is 0.482 e. The third kappa shape index (κ3) is 3.56. The zero-order chi connectivity index (χ0) is 17.1. The van der Waals surface area contributed by atoms with Gasteiger partial charge < -0.3 is 9.84 Å². The number of carboxylic acid groups (broad SMARTS) is 1. The highest BCUT2D eigenvalue weighted by Gasteiger charge is 2.27. The molecule has 5 nitrogen and oxygen atoms in total. The molecule has 0 spiro atoms. The van der Waals surface area contributed by atoms with Crippen LogP contribution in [-0.4, -0.2) is 29.2 Å². The Bertz CT molecular complexity index is 752. The van der Waals surface area contributed by atoms with E-state index in [0.717, 1.165) is 5.56 Å². The van der Waals surface area contributed by atoms with Crippen molar-refractivity contribution in [3.63, 3.8) is 0 Å². The molecule has 1 aliphatic rings. The molecule has 0 aliphatic heterocycles. The van der Waals surface area contributed by atoms with Gasteiger partial charge in [0.15, 0.2) is 18.2 Å². The fourth-order valence-corrected chi connectivity index (χ4v) is 2.46. The van der Waals surface area contributed by atoms with Crippen LogP contribution in [0.1, 0.15) is 26.3 Å². The van der Waals surface area contributed by atoms with E-state index in [1.165, 1.54) is 0 Å². The van der Waals surface area contributed by atoms with Gasteiger partial charge in [0.2, 0.25) is 0 Å². The summed E-state index contributed by atoms with van der Waals surface area (Å²) in [5.74, 6) is -0.855. The number of hydrogen-bond donors (Lipinski definition) is 1. The van der Waals surface area contributed by atoms with Crippen molar-refractivity contribution in [2.75, 3.05) is 6.61 Å². The smallest absolute Gasteiger partial charge is 0.341 e. The first-order valence-corrected chi connectivity index (χ1v) is 7.21. The lowest BCUT2D eigenvalue weighted by Gasteiger charge is -2.18. The van der Waals surface area contributed by atoms with Crippen LogP contribution >= 0.6 is 0 Å². The van der Waals surface area contributed by atoms with E-state index >= 15 is 0 Å². The summed E-state index contributed by atoms with van der Waals surface area (Å²) >= 11 is 0. The lowest BCUT2D eigenvalue weighted by molar-refractivity contribution is -0.139. The molecule has 0 bridgehead atoms. The number of carbonyl (C=O) groups is 3. The van der Waals surface area contributed by atoms with Crippen LogP contribution in [0, 0.1) is 0 Å². The molecule has 0 fully saturated rings. The van der Waals surface area contributed by atoms with Crippen molar-refractivity contribution in [3.05, 3.63) is 52.1 Å². The average molecular weight is 314 g/mol. The van der Waals surface area contributed by atoms with Crippen molar-refractivity contribution in [2.45, 2.75) is 27.2 Å². The molecule has 0 amide bonds. The normalized spacial score (nSPS) is 15.3. The number of Topliss-reactive ketones (excluding diaryl/α,β-unsaturated/α-hetero) is 2. The molecule has 0 aromatic heterocycles. The highest BCUT2D eigenvalue weighted by molar-refractivity contribution is 6.24. The number of benzene rings is 1. The molecule has 23 heavy (non-hydrogen) atoms. The van der Waals surface area contributed by atoms with E-state index in [2.05, 4.69) is 0 Å². The van der Waals surface area contributed by atoms with E-state index in [4.69, 9.17) is 9.84 Å². The van der Waals surface area contributed by atoms with Crippen molar-refractivity contribution < 1.29 is 24.2 Å². The number of carboxylic acids is 1. The minimum atomic E-state index is -1.06. The van der Waals surface area contributed by atoms with Crippen LogP contribution in [0.15, 0.2) is 46.6 Å². The number of carbonyl (C=O) groups excluding carboxylic acids is 2. The van der Waals surface area contributed by atoms with Crippen LogP contribution in [0.3, 0.4) is 0 Å². The molecule has 0 radical (unpaired) electrons. The highest BCUT2D eigenvalue weighted by Crippen LogP contribution is 2.27. The topological polar surface area (TPSA) is 80.7 Å². The summed E-state index contributed by atoms with van der Waals surface area (Å²) in [6.07, 6.45) is 0.311. The quantitative estimate of drug-likeness (QED) is 0.845. The molecule has 0 atom stereocenters. The molecule has 0 saturated heterocycles. The number of rotatable bonds is 5. The molecule has 5 heteroatoms. The minimum Gasteiger partial charge on any atom is -0.482 e. The van der Waals surface area contributed by atoms with Crippen LogP contribution in [0.2, 0.25) is 0 Å². The number of allylic oxidation sites excluding steroid dienone is 4.